The highest BCUT2D eigenvalue weighted by molar-refractivity contribution is 6.35. The van der Waals surface area contributed by atoms with Gasteiger partial charge in [0, 0.05) is 23.0 Å². The molecule has 154 valence electrons. The summed E-state index contributed by atoms with van der Waals surface area (Å²) in [4.78, 5) is 24.7. The van der Waals surface area contributed by atoms with Crippen molar-refractivity contribution in [2.45, 2.75) is 37.8 Å². The van der Waals surface area contributed by atoms with Gasteiger partial charge in [-0.2, -0.15) is 0 Å². The van der Waals surface area contributed by atoms with E-state index in [0.717, 1.165) is 12.8 Å². The molecule has 5 nitrogen and oxygen atoms in total. The molecule has 1 aliphatic carbocycles. The van der Waals surface area contributed by atoms with Crippen LogP contribution < -0.4 is 10.1 Å². The maximum atomic E-state index is 13.2. The van der Waals surface area contributed by atoms with Crippen LogP contribution in [-0.2, 0) is 14.3 Å². The van der Waals surface area contributed by atoms with Crippen molar-refractivity contribution in [1.82, 2.24) is 5.32 Å². The first-order chi connectivity index (χ1) is 13.9. The van der Waals surface area contributed by atoms with E-state index in [1.807, 2.05) is 0 Å². The van der Waals surface area contributed by atoms with Crippen LogP contribution in [0.25, 0.3) is 0 Å². The second-order valence-corrected chi connectivity index (χ2v) is 7.57. The van der Waals surface area contributed by atoms with Crippen molar-refractivity contribution in [3.63, 3.8) is 0 Å². The number of halogens is 3. The molecule has 0 radical (unpaired) electrons. The summed E-state index contributed by atoms with van der Waals surface area (Å²) in [5.41, 5.74) is 0.419. The Morgan fingerprint density at radius 2 is 1.86 bits per heavy atom. The van der Waals surface area contributed by atoms with Crippen LogP contribution in [0.15, 0.2) is 42.5 Å². The molecule has 0 aromatic heterocycles. The molecule has 3 rings (SSSR count). The Balaban J connectivity index is 1.52. The Bertz CT molecular complexity index is 871. The number of rotatable bonds is 9. The van der Waals surface area contributed by atoms with Gasteiger partial charge < -0.3 is 14.8 Å². The standard InChI is InChI=1S/C21H20Cl2FNO4/c22-14-5-10-18(17(23)12-14)28-11-1-2-19(26)29-20(21(27)25-16-8-9-16)13-3-6-15(24)7-4-13/h3-7,10,12,16,20H,1-2,8-9,11H2,(H,25,27). The minimum absolute atomic E-state index is 0.0552. The topological polar surface area (TPSA) is 64.6 Å². The number of carbonyl (C=O) groups excluding carboxylic acids is 2. The highest BCUT2D eigenvalue weighted by atomic mass is 35.5. The van der Waals surface area contributed by atoms with E-state index >= 15 is 0 Å². The Labute approximate surface area is 178 Å². The number of carbonyl (C=O) groups is 2. The molecule has 1 aliphatic rings. The normalized spacial score (nSPS) is 14.2. The largest absolute Gasteiger partial charge is 0.492 e. The van der Waals surface area contributed by atoms with Crippen LogP contribution in [0.1, 0.15) is 37.4 Å². The van der Waals surface area contributed by atoms with Gasteiger partial charge in [0.2, 0.25) is 6.10 Å². The Kier molecular flexibility index (Phi) is 7.34. The van der Waals surface area contributed by atoms with E-state index in [0.29, 0.717) is 27.8 Å². The van der Waals surface area contributed by atoms with Gasteiger partial charge in [0.05, 0.1) is 11.6 Å². The van der Waals surface area contributed by atoms with Gasteiger partial charge in [0.25, 0.3) is 5.91 Å². The molecule has 1 saturated carbocycles. The van der Waals surface area contributed by atoms with E-state index < -0.39 is 23.8 Å². The number of benzene rings is 2. The average molecular weight is 440 g/mol. The fraction of sp³-hybridized carbons (Fsp3) is 0.333. The summed E-state index contributed by atoms with van der Waals surface area (Å²) in [5, 5.41) is 3.70. The van der Waals surface area contributed by atoms with Crippen molar-refractivity contribution in [1.29, 1.82) is 0 Å². The second-order valence-electron chi connectivity index (χ2n) is 6.73. The van der Waals surface area contributed by atoms with Crippen LogP contribution in [0.4, 0.5) is 4.39 Å². The Hall–Kier alpha value is -2.31. The lowest BCUT2D eigenvalue weighted by Crippen LogP contribution is -2.33. The molecule has 0 saturated heterocycles. The van der Waals surface area contributed by atoms with Gasteiger partial charge in [0.15, 0.2) is 0 Å². The molecule has 1 amide bonds. The van der Waals surface area contributed by atoms with Crippen LogP contribution >= 0.6 is 23.2 Å². The fourth-order valence-corrected chi connectivity index (χ4v) is 3.06. The van der Waals surface area contributed by atoms with Crippen LogP contribution in [0.5, 0.6) is 5.75 Å². The van der Waals surface area contributed by atoms with Gasteiger partial charge in [0.1, 0.15) is 11.6 Å². The average Bonchev–Trinajstić information content (AvgIpc) is 3.49. The molecule has 0 aliphatic heterocycles. The molecule has 1 N–H and O–H groups in total. The number of hydrogen-bond donors (Lipinski definition) is 1. The van der Waals surface area contributed by atoms with Crippen LogP contribution in [0, 0.1) is 5.82 Å². The predicted octanol–water partition coefficient (Wildman–Crippen LogP) is 4.85. The number of ether oxygens (including phenoxy) is 2. The lowest BCUT2D eigenvalue weighted by Gasteiger charge is -2.18. The fourth-order valence-electron chi connectivity index (χ4n) is 2.60. The van der Waals surface area contributed by atoms with Crippen molar-refractivity contribution in [3.8, 4) is 5.75 Å². The number of amides is 1. The minimum atomic E-state index is -1.12. The highest BCUT2D eigenvalue weighted by Gasteiger charge is 2.30. The highest BCUT2D eigenvalue weighted by Crippen LogP contribution is 2.28. The molecule has 0 bridgehead atoms. The maximum absolute atomic E-state index is 13.2. The zero-order chi connectivity index (χ0) is 20.8. The van der Waals surface area contributed by atoms with Crippen molar-refractivity contribution >= 4 is 35.1 Å². The SMILES string of the molecule is O=C(CCCOc1ccc(Cl)cc1Cl)OC(C(=O)NC1CC1)c1ccc(F)cc1. The summed E-state index contributed by atoms with van der Waals surface area (Å²) in [5.74, 6) is -0.912. The van der Waals surface area contributed by atoms with Gasteiger partial charge in [-0.3, -0.25) is 9.59 Å². The second kappa shape index (κ2) is 9.94. The summed E-state index contributed by atoms with van der Waals surface area (Å²) in [6.45, 7) is 0.242. The third-order valence-corrected chi connectivity index (χ3v) is 4.79. The molecular weight excluding hydrogens is 420 g/mol. The lowest BCUT2D eigenvalue weighted by atomic mass is 10.1. The predicted molar refractivity (Wildman–Crippen MR) is 108 cm³/mol. The van der Waals surface area contributed by atoms with Gasteiger partial charge in [-0.1, -0.05) is 35.3 Å². The monoisotopic (exact) mass is 439 g/mol. The molecular formula is C21H20Cl2FNO4. The zero-order valence-corrected chi connectivity index (χ0v) is 17.0. The summed E-state index contributed by atoms with van der Waals surface area (Å²) in [6, 6.07) is 10.3. The van der Waals surface area contributed by atoms with E-state index in [-0.39, 0.29) is 19.1 Å². The summed E-state index contributed by atoms with van der Waals surface area (Å²) < 4.78 is 24.1. The molecule has 1 atom stereocenters. The quantitative estimate of drug-likeness (QED) is 0.447. The van der Waals surface area contributed by atoms with E-state index in [1.54, 1.807) is 18.2 Å². The van der Waals surface area contributed by atoms with Crippen molar-refractivity contribution in [2.24, 2.45) is 0 Å². The van der Waals surface area contributed by atoms with E-state index in [2.05, 4.69) is 5.32 Å². The molecule has 29 heavy (non-hydrogen) atoms. The molecule has 2 aromatic rings. The van der Waals surface area contributed by atoms with Crippen LogP contribution in [-0.4, -0.2) is 24.5 Å². The van der Waals surface area contributed by atoms with Crippen molar-refractivity contribution in [2.75, 3.05) is 6.61 Å². The van der Waals surface area contributed by atoms with Crippen LogP contribution in [0.3, 0.4) is 0 Å². The zero-order valence-electron chi connectivity index (χ0n) is 15.5. The summed E-state index contributed by atoms with van der Waals surface area (Å²) in [6.07, 6.45) is 1.12. The molecule has 0 spiro atoms. The molecule has 1 fully saturated rings. The molecule has 1 unspecified atom stereocenters. The first-order valence-electron chi connectivity index (χ1n) is 9.25. The van der Waals surface area contributed by atoms with E-state index in [4.69, 9.17) is 32.7 Å². The first kappa shape index (κ1) is 21.4. The summed E-state index contributed by atoms with van der Waals surface area (Å²) >= 11 is 11.9. The number of esters is 1. The van der Waals surface area contributed by atoms with Gasteiger partial charge in [-0.05, 0) is 49.6 Å². The maximum Gasteiger partial charge on any atom is 0.307 e. The van der Waals surface area contributed by atoms with Gasteiger partial charge in [-0.25, -0.2) is 4.39 Å². The van der Waals surface area contributed by atoms with Gasteiger partial charge >= 0.3 is 5.97 Å². The van der Waals surface area contributed by atoms with Crippen molar-refractivity contribution in [3.05, 3.63) is 63.9 Å². The minimum Gasteiger partial charge on any atom is -0.492 e. The van der Waals surface area contributed by atoms with Crippen molar-refractivity contribution < 1.29 is 23.5 Å². The number of hydrogen-bond acceptors (Lipinski definition) is 4. The first-order valence-corrected chi connectivity index (χ1v) is 10.0. The van der Waals surface area contributed by atoms with Gasteiger partial charge in [-0.15, -0.1) is 0 Å². The lowest BCUT2D eigenvalue weighted by molar-refractivity contribution is -0.156. The van der Waals surface area contributed by atoms with E-state index in [1.165, 1.54) is 24.3 Å². The number of nitrogens with one attached hydrogen (secondary N) is 1. The summed E-state index contributed by atoms with van der Waals surface area (Å²) in [7, 11) is 0. The third kappa shape index (κ3) is 6.61. The third-order valence-electron chi connectivity index (χ3n) is 4.26. The van der Waals surface area contributed by atoms with Crippen LogP contribution in [0.2, 0.25) is 10.0 Å². The molecule has 0 heterocycles. The van der Waals surface area contributed by atoms with E-state index in [9.17, 15) is 14.0 Å². The molecule has 8 heteroatoms. The smallest absolute Gasteiger partial charge is 0.307 e. The Morgan fingerprint density at radius 1 is 1.14 bits per heavy atom. The Morgan fingerprint density at radius 3 is 2.52 bits per heavy atom. The molecule has 2 aromatic carbocycles.